The van der Waals surface area contributed by atoms with Crippen LogP contribution in [0.2, 0.25) is 0 Å². The van der Waals surface area contributed by atoms with Crippen LogP contribution in [0.3, 0.4) is 0 Å². The predicted octanol–water partition coefficient (Wildman–Crippen LogP) is 1.75. The van der Waals surface area contributed by atoms with Crippen molar-refractivity contribution in [2.24, 2.45) is 5.92 Å². The first-order valence-corrected chi connectivity index (χ1v) is 6.76. The first-order chi connectivity index (χ1) is 8.29. The molecule has 2 rings (SSSR count). The highest BCUT2D eigenvalue weighted by atomic mass is 32.2. The predicted molar refractivity (Wildman–Crippen MR) is 66.6 cm³/mol. The zero-order chi connectivity index (χ0) is 12.1. The van der Waals surface area contributed by atoms with Crippen molar-refractivity contribution in [3.63, 3.8) is 0 Å². The van der Waals surface area contributed by atoms with Crippen molar-refractivity contribution < 1.29 is 4.79 Å². The van der Waals surface area contributed by atoms with Crippen LogP contribution in [0.1, 0.15) is 24.8 Å². The van der Waals surface area contributed by atoms with Crippen LogP contribution in [-0.4, -0.2) is 27.6 Å². The van der Waals surface area contributed by atoms with Crippen molar-refractivity contribution in [3.8, 4) is 6.07 Å². The number of amides is 1. The standard InChI is InChI=1S/C11H14N4OS/c12-6-9-7-13-15-11(9)14-10(16)5-8-1-3-17-4-2-8/h7-8H,1-5H2,(H2,13,14,15,16). The maximum atomic E-state index is 11.8. The van der Waals surface area contributed by atoms with Crippen molar-refractivity contribution in [1.82, 2.24) is 10.2 Å². The minimum atomic E-state index is -0.0392. The molecular weight excluding hydrogens is 236 g/mol. The molecule has 1 fully saturated rings. The average molecular weight is 250 g/mol. The van der Waals surface area contributed by atoms with E-state index in [2.05, 4.69) is 15.5 Å². The lowest BCUT2D eigenvalue weighted by molar-refractivity contribution is -0.117. The third kappa shape index (κ3) is 3.24. The van der Waals surface area contributed by atoms with Crippen LogP contribution in [0.15, 0.2) is 6.20 Å². The fourth-order valence-electron chi connectivity index (χ4n) is 1.87. The SMILES string of the molecule is N#Cc1cn[nH]c1NC(=O)CC1CCSCC1. The normalized spacial score (nSPS) is 16.4. The fraction of sp³-hybridized carbons (Fsp3) is 0.545. The minimum absolute atomic E-state index is 0.0392. The van der Waals surface area contributed by atoms with Gasteiger partial charge < -0.3 is 5.32 Å². The van der Waals surface area contributed by atoms with Crippen molar-refractivity contribution >= 4 is 23.5 Å². The molecule has 1 saturated heterocycles. The number of nitrogens with one attached hydrogen (secondary N) is 2. The molecule has 90 valence electrons. The molecule has 1 aromatic rings. The number of thioether (sulfide) groups is 1. The monoisotopic (exact) mass is 250 g/mol. The maximum Gasteiger partial charge on any atom is 0.225 e. The van der Waals surface area contributed by atoms with Crippen LogP contribution in [0, 0.1) is 17.2 Å². The molecule has 1 aliphatic heterocycles. The van der Waals surface area contributed by atoms with Gasteiger partial charge in [-0.3, -0.25) is 9.89 Å². The van der Waals surface area contributed by atoms with Gasteiger partial charge in [0.25, 0.3) is 0 Å². The summed E-state index contributed by atoms with van der Waals surface area (Å²) in [6, 6.07) is 1.97. The molecule has 2 heterocycles. The van der Waals surface area contributed by atoms with Crippen molar-refractivity contribution in [2.75, 3.05) is 16.8 Å². The van der Waals surface area contributed by atoms with Gasteiger partial charge in [0.2, 0.25) is 5.91 Å². The Labute approximate surface area is 104 Å². The van der Waals surface area contributed by atoms with E-state index >= 15 is 0 Å². The molecule has 17 heavy (non-hydrogen) atoms. The van der Waals surface area contributed by atoms with E-state index in [-0.39, 0.29) is 5.91 Å². The number of anilines is 1. The summed E-state index contributed by atoms with van der Waals surface area (Å²) in [6.45, 7) is 0. The van der Waals surface area contributed by atoms with Crippen molar-refractivity contribution in [3.05, 3.63) is 11.8 Å². The van der Waals surface area contributed by atoms with E-state index in [0.717, 1.165) is 24.3 Å². The van der Waals surface area contributed by atoms with Gasteiger partial charge in [0, 0.05) is 6.42 Å². The Balaban J connectivity index is 1.87. The van der Waals surface area contributed by atoms with Gasteiger partial charge >= 0.3 is 0 Å². The zero-order valence-electron chi connectivity index (χ0n) is 9.40. The molecule has 0 saturated carbocycles. The van der Waals surface area contributed by atoms with Crippen LogP contribution >= 0.6 is 11.8 Å². The molecule has 0 spiro atoms. The summed E-state index contributed by atoms with van der Waals surface area (Å²) in [5, 5.41) is 17.8. The molecule has 1 aromatic heterocycles. The summed E-state index contributed by atoms with van der Waals surface area (Å²) in [5.74, 6) is 3.13. The van der Waals surface area contributed by atoms with Crippen LogP contribution in [0.4, 0.5) is 5.82 Å². The lowest BCUT2D eigenvalue weighted by Crippen LogP contribution is -2.20. The number of nitrogens with zero attached hydrogens (tertiary/aromatic N) is 2. The van der Waals surface area contributed by atoms with Gasteiger partial charge in [0.05, 0.1) is 6.20 Å². The Bertz CT molecular complexity index is 431. The molecular formula is C11H14N4OS. The molecule has 0 atom stereocenters. The van der Waals surface area contributed by atoms with E-state index in [9.17, 15) is 4.79 Å². The number of H-pyrrole nitrogens is 1. The molecule has 6 heteroatoms. The fourth-order valence-corrected chi connectivity index (χ4v) is 3.07. The Morgan fingerprint density at radius 2 is 2.41 bits per heavy atom. The third-order valence-corrected chi connectivity index (χ3v) is 3.89. The highest BCUT2D eigenvalue weighted by molar-refractivity contribution is 7.99. The zero-order valence-corrected chi connectivity index (χ0v) is 10.2. The first kappa shape index (κ1) is 12.0. The number of carbonyl (C=O) groups is 1. The van der Waals surface area contributed by atoms with Gasteiger partial charge in [0.15, 0.2) is 0 Å². The summed E-state index contributed by atoms with van der Waals surface area (Å²) < 4.78 is 0. The molecule has 0 radical (unpaired) electrons. The van der Waals surface area contributed by atoms with Gasteiger partial charge in [-0.2, -0.15) is 22.1 Å². The van der Waals surface area contributed by atoms with Crippen molar-refractivity contribution in [2.45, 2.75) is 19.3 Å². The van der Waals surface area contributed by atoms with Crippen molar-refractivity contribution in [1.29, 1.82) is 5.26 Å². The molecule has 0 aromatic carbocycles. The van der Waals surface area contributed by atoms with Gasteiger partial charge in [-0.25, -0.2) is 0 Å². The Kier molecular flexibility index (Phi) is 4.04. The molecule has 5 nitrogen and oxygen atoms in total. The van der Waals surface area contributed by atoms with Crippen LogP contribution in [0.25, 0.3) is 0 Å². The summed E-state index contributed by atoms with van der Waals surface area (Å²) >= 11 is 1.95. The molecule has 1 amide bonds. The summed E-state index contributed by atoms with van der Waals surface area (Å²) in [6.07, 6.45) is 4.15. The van der Waals surface area contributed by atoms with Gasteiger partial charge in [-0.05, 0) is 30.3 Å². The number of nitriles is 1. The number of aromatic amines is 1. The van der Waals surface area contributed by atoms with Gasteiger partial charge in [-0.15, -0.1) is 0 Å². The van der Waals surface area contributed by atoms with Gasteiger partial charge in [0.1, 0.15) is 17.5 Å². The Hall–Kier alpha value is -1.48. The van der Waals surface area contributed by atoms with E-state index in [1.165, 1.54) is 6.20 Å². The molecule has 0 unspecified atom stereocenters. The number of hydrogen-bond donors (Lipinski definition) is 2. The second-order valence-corrected chi connectivity index (χ2v) is 5.30. The average Bonchev–Trinajstić information content (AvgIpc) is 2.77. The second-order valence-electron chi connectivity index (χ2n) is 4.08. The number of rotatable bonds is 3. The summed E-state index contributed by atoms with van der Waals surface area (Å²) in [5.41, 5.74) is 0.373. The minimum Gasteiger partial charge on any atom is -0.310 e. The Morgan fingerprint density at radius 3 is 3.12 bits per heavy atom. The van der Waals surface area contributed by atoms with E-state index in [1.54, 1.807) is 0 Å². The van der Waals surface area contributed by atoms with E-state index in [4.69, 9.17) is 5.26 Å². The molecule has 0 bridgehead atoms. The van der Waals surface area contributed by atoms with E-state index in [0.29, 0.717) is 23.7 Å². The second kappa shape index (κ2) is 5.73. The topological polar surface area (TPSA) is 81.6 Å². The highest BCUT2D eigenvalue weighted by Gasteiger charge is 2.18. The maximum absolute atomic E-state index is 11.8. The van der Waals surface area contributed by atoms with Crippen LogP contribution in [0.5, 0.6) is 0 Å². The van der Waals surface area contributed by atoms with E-state index < -0.39 is 0 Å². The molecule has 1 aliphatic rings. The third-order valence-electron chi connectivity index (χ3n) is 2.84. The van der Waals surface area contributed by atoms with E-state index in [1.807, 2.05) is 17.8 Å². The summed E-state index contributed by atoms with van der Waals surface area (Å²) in [7, 11) is 0. The van der Waals surface area contributed by atoms with Gasteiger partial charge in [-0.1, -0.05) is 0 Å². The number of hydrogen-bond acceptors (Lipinski definition) is 4. The highest BCUT2D eigenvalue weighted by Crippen LogP contribution is 2.25. The lowest BCUT2D eigenvalue weighted by atomic mass is 9.98. The number of aromatic nitrogens is 2. The smallest absolute Gasteiger partial charge is 0.225 e. The lowest BCUT2D eigenvalue weighted by Gasteiger charge is -2.20. The summed E-state index contributed by atoms with van der Waals surface area (Å²) in [4.78, 5) is 11.8. The van der Waals surface area contributed by atoms with Crippen LogP contribution < -0.4 is 5.32 Å². The molecule has 2 N–H and O–H groups in total. The van der Waals surface area contributed by atoms with Crippen LogP contribution in [-0.2, 0) is 4.79 Å². The largest absolute Gasteiger partial charge is 0.310 e. The first-order valence-electron chi connectivity index (χ1n) is 5.60. The number of carbonyl (C=O) groups excluding carboxylic acids is 1. The Morgan fingerprint density at radius 1 is 1.65 bits per heavy atom. The molecule has 0 aliphatic carbocycles. The quantitative estimate of drug-likeness (QED) is 0.856.